The van der Waals surface area contributed by atoms with Crippen molar-refractivity contribution < 1.29 is 18.6 Å². The van der Waals surface area contributed by atoms with E-state index < -0.39 is 9.80 Å². The number of ether oxygens (including phenoxy) is 1. The minimum Gasteiger partial charge on any atom is -0.490 e. The zero-order chi connectivity index (χ0) is 25.8. The summed E-state index contributed by atoms with van der Waals surface area (Å²) in [5.41, 5.74) is 3.91. The smallest absolute Gasteiger partial charge is 0.152 e. The van der Waals surface area contributed by atoms with Crippen LogP contribution in [-0.4, -0.2) is 70.1 Å². The van der Waals surface area contributed by atoms with Crippen LogP contribution in [0.25, 0.3) is 11.0 Å². The van der Waals surface area contributed by atoms with Crippen molar-refractivity contribution in [1.82, 2.24) is 24.6 Å². The number of benzene rings is 1. The Bertz CT molecular complexity index is 1200. The molecule has 194 valence electrons. The second-order valence-corrected chi connectivity index (χ2v) is 11.3. The van der Waals surface area contributed by atoms with E-state index in [1.165, 1.54) is 0 Å². The number of nitrogens with one attached hydrogen (secondary N) is 2. The maximum Gasteiger partial charge on any atom is 0.152 e. The van der Waals surface area contributed by atoms with Gasteiger partial charge in [-0.05, 0) is 45.4 Å². The van der Waals surface area contributed by atoms with Crippen molar-refractivity contribution in [3.05, 3.63) is 30.2 Å². The third-order valence-corrected chi connectivity index (χ3v) is 5.86. The van der Waals surface area contributed by atoms with Crippen LogP contribution < -0.4 is 15.4 Å². The highest BCUT2D eigenvalue weighted by atomic mass is 32.2. The topological polar surface area (TPSA) is 126 Å². The molecule has 1 saturated carbocycles. The highest BCUT2D eigenvalue weighted by Gasteiger charge is 2.23. The molecule has 0 saturated heterocycles. The van der Waals surface area contributed by atoms with Crippen molar-refractivity contribution in [3.8, 4) is 5.75 Å². The molecule has 0 spiro atoms. The number of fused-ring (bicyclic) bond motifs is 1. The fourth-order valence-corrected chi connectivity index (χ4v) is 4.04. The Labute approximate surface area is 207 Å². The van der Waals surface area contributed by atoms with E-state index in [-0.39, 0.29) is 12.2 Å². The molecule has 0 bridgehead atoms. The number of imidazole rings is 1. The van der Waals surface area contributed by atoms with Crippen LogP contribution in [0.5, 0.6) is 5.75 Å². The molecule has 1 aromatic carbocycles. The van der Waals surface area contributed by atoms with Crippen LogP contribution in [0.1, 0.15) is 38.3 Å². The van der Waals surface area contributed by atoms with Crippen LogP contribution in [0, 0.1) is 6.92 Å². The molecule has 0 amide bonds. The molecule has 0 aliphatic heterocycles. The van der Waals surface area contributed by atoms with E-state index in [1.54, 1.807) is 0 Å². The summed E-state index contributed by atoms with van der Waals surface area (Å²) in [7, 11) is 1.26. The lowest BCUT2D eigenvalue weighted by Gasteiger charge is -2.30. The lowest BCUT2D eigenvalue weighted by atomic mass is 9.93. The van der Waals surface area contributed by atoms with Gasteiger partial charge >= 0.3 is 0 Å². The Morgan fingerprint density at radius 1 is 1.26 bits per heavy atom. The number of aliphatic hydroxyl groups is 1. The Morgan fingerprint density at radius 2 is 1.91 bits per heavy atom. The highest BCUT2D eigenvalue weighted by Crippen LogP contribution is 2.32. The van der Waals surface area contributed by atoms with Gasteiger partial charge in [-0.1, -0.05) is 0 Å². The van der Waals surface area contributed by atoms with Crippen LogP contribution >= 0.6 is 0 Å². The molecule has 2 aromatic heterocycles. The Hall–Kier alpha value is -2.60. The summed E-state index contributed by atoms with van der Waals surface area (Å²) in [5, 5.41) is 20.8. The van der Waals surface area contributed by atoms with Gasteiger partial charge in [0.1, 0.15) is 11.3 Å². The maximum atomic E-state index is 9.63. The first-order valence-corrected chi connectivity index (χ1v) is 13.8. The summed E-state index contributed by atoms with van der Waals surface area (Å²) >= 11 is 0. The average molecular weight is 507 g/mol. The number of rotatable bonds is 7. The van der Waals surface area contributed by atoms with E-state index in [1.807, 2.05) is 55.7 Å². The van der Waals surface area contributed by atoms with Crippen molar-refractivity contribution in [1.29, 1.82) is 0 Å². The molecule has 0 radical (unpaired) electrons. The first-order valence-electron chi connectivity index (χ1n) is 11.7. The van der Waals surface area contributed by atoms with Crippen LogP contribution in [0.2, 0.25) is 0 Å². The van der Waals surface area contributed by atoms with E-state index in [4.69, 9.17) is 9.29 Å². The minimum atomic E-state index is -2.67. The third kappa shape index (κ3) is 8.24. The molecular formula is C24H38N6O4S. The molecule has 2 atom stereocenters. The largest absolute Gasteiger partial charge is 0.490 e. The van der Waals surface area contributed by atoms with Gasteiger partial charge in [0, 0.05) is 56.8 Å². The third-order valence-electron chi connectivity index (χ3n) is 5.86. The van der Waals surface area contributed by atoms with Gasteiger partial charge in [0.15, 0.2) is 5.82 Å². The van der Waals surface area contributed by atoms with Gasteiger partial charge in [-0.2, -0.15) is 5.10 Å². The van der Waals surface area contributed by atoms with Crippen LogP contribution in [0.3, 0.4) is 0 Å². The molecule has 1 fully saturated rings. The van der Waals surface area contributed by atoms with Gasteiger partial charge in [0.05, 0.1) is 39.5 Å². The van der Waals surface area contributed by atoms with Crippen LogP contribution in [-0.2, 0) is 23.9 Å². The number of aryl methyl sites for hydroxylation is 3. The summed E-state index contributed by atoms with van der Waals surface area (Å²) in [6.45, 7) is 4.49. The van der Waals surface area contributed by atoms with E-state index in [9.17, 15) is 9.32 Å². The summed E-state index contributed by atoms with van der Waals surface area (Å²) in [4.78, 5) is 4.56. The first kappa shape index (κ1) is 27.0. The summed E-state index contributed by atoms with van der Waals surface area (Å²) in [5.74, 6) is 4.50. The van der Waals surface area contributed by atoms with E-state index in [0.717, 1.165) is 65.9 Å². The molecule has 1 unspecified atom stereocenters. The van der Waals surface area contributed by atoms with Crippen molar-refractivity contribution in [2.75, 3.05) is 18.1 Å². The van der Waals surface area contributed by atoms with Gasteiger partial charge in [-0.3, -0.25) is 4.68 Å². The van der Waals surface area contributed by atoms with Gasteiger partial charge in [-0.25, -0.2) is 9.19 Å². The summed E-state index contributed by atoms with van der Waals surface area (Å²) in [6.07, 6.45) is 7.00. The number of nitrogens with zero attached hydrogens (tertiary/aromatic N) is 4. The van der Waals surface area contributed by atoms with Gasteiger partial charge in [-0.15, -0.1) is 0 Å². The van der Waals surface area contributed by atoms with Crippen molar-refractivity contribution in [2.24, 2.45) is 14.1 Å². The lowest BCUT2D eigenvalue weighted by molar-refractivity contribution is 0.131. The molecule has 10 nitrogen and oxygen atoms in total. The Morgan fingerprint density at radius 3 is 2.49 bits per heavy atom. The molecule has 2 heterocycles. The van der Waals surface area contributed by atoms with E-state index in [2.05, 4.69) is 32.7 Å². The summed E-state index contributed by atoms with van der Waals surface area (Å²) < 4.78 is 27.8. The van der Waals surface area contributed by atoms with Crippen molar-refractivity contribution >= 4 is 38.2 Å². The first-order chi connectivity index (χ1) is 16.4. The Kier molecular flexibility index (Phi) is 8.81. The SMILES string of the molecule is C=S(C)(=O)O.Cc1cc(Nc2cc(OC3CCC(NC[C@H](C)O)CC3)cc3c2ncn3C)nn1C. The molecule has 35 heavy (non-hydrogen) atoms. The molecule has 1 aliphatic rings. The number of hydrogen-bond donors (Lipinski definition) is 4. The molecular weight excluding hydrogens is 468 g/mol. The van der Waals surface area contributed by atoms with Crippen molar-refractivity contribution in [3.63, 3.8) is 0 Å². The number of hydrogen-bond acceptors (Lipinski definition) is 7. The number of aliphatic hydroxyl groups excluding tert-OH is 1. The summed E-state index contributed by atoms with van der Waals surface area (Å²) in [6, 6.07) is 6.57. The zero-order valence-electron chi connectivity index (χ0n) is 21.2. The van der Waals surface area contributed by atoms with Crippen molar-refractivity contribution in [2.45, 2.75) is 57.8 Å². The van der Waals surface area contributed by atoms with Gasteiger partial charge in [0.25, 0.3) is 0 Å². The predicted octanol–water partition coefficient (Wildman–Crippen LogP) is 2.82. The zero-order valence-corrected chi connectivity index (χ0v) is 22.0. The standard InChI is InChI=1S/C22H32N6O2.C2H6O2S/c1-14-9-21(26-28(14)4)25-19-10-18(11-20-22(19)24-13-27(20)3)30-17-7-5-16(6-8-17)23-12-15(2)29;1-5(2,3)4/h9-11,13,15-17,23,29H,5-8,12H2,1-4H3,(H,25,26);1H2,2H3,(H,3,4)/t15-,16?,17?;/m0./s1. The van der Waals surface area contributed by atoms with E-state index >= 15 is 0 Å². The molecule has 3 aromatic rings. The predicted molar refractivity (Wildman–Crippen MR) is 142 cm³/mol. The van der Waals surface area contributed by atoms with Gasteiger partial charge in [0.2, 0.25) is 0 Å². The van der Waals surface area contributed by atoms with Crippen LogP contribution in [0.15, 0.2) is 24.5 Å². The maximum absolute atomic E-state index is 9.63. The number of aromatic nitrogens is 4. The van der Waals surface area contributed by atoms with Crippen LogP contribution in [0.4, 0.5) is 11.5 Å². The fourth-order valence-electron chi connectivity index (χ4n) is 4.04. The molecule has 11 heteroatoms. The number of anilines is 2. The molecule has 1 aliphatic carbocycles. The lowest BCUT2D eigenvalue weighted by Crippen LogP contribution is -2.39. The second kappa shape index (κ2) is 11.4. The Balaban J connectivity index is 0.000000623. The minimum absolute atomic E-state index is 0.199. The second-order valence-electron chi connectivity index (χ2n) is 9.42. The quantitative estimate of drug-likeness (QED) is 0.361. The monoisotopic (exact) mass is 506 g/mol. The normalized spacial score (nSPS) is 20.5. The fraction of sp³-hybridized carbons (Fsp3) is 0.542. The molecule has 4 rings (SSSR count). The van der Waals surface area contributed by atoms with Gasteiger partial charge < -0.3 is 29.6 Å². The van der Waals surface area contributed by atoms with E-state index in [0.29, 0.717) is 12.6 Å². The average Bonchev–Trinajstić information content (AvgIpc) is 3.28. The molecule has 4 N–H and O–H groups in total. The highest BCUT2D eigenvalue weighted by molar-refractivity contribution is 7.94.